The van der Waals surface area contributed by atoms with E-state index >= 15 is 0 Å². The van der Waals surface area contributed by atoms with Crippen molar-refractivity contribution in [2.24, 2.45) is 0 Å². The Morgan fingerprint density at radius 2 is 1.85 bits per heavy atom. The predicted octanol–water partition coefficient (Wildman–Crippen LogP) is 2.94. The van der Waals surface area contributed by atoms with Gasteiger partial charge in [-0.2, -0.15) is 0 Å². The zero-order chi connectivity index (χ0) is 13.4. The average molecular weight is 261 g/mol. The van der Waals surface area contributed by atoms with E-state index in [0.29, 0.717) is 0 Å². The number of fused-ring (bicyclic) bond motifs is 2. The molecular weight excluding hydrogens is 246 g/mol. The smallest absolute Gasteiger partial charge is 0.116 e. The van der Waals surface area contributed by atoms with Gasteiger partial charge in [0.1, 0.15) is 6.33 Å². The van der Waals surface area contributed by atoms with Crippen molar-refractivity contribution in [2.45, 2.75) is 13.0 Å². The van der Waals surface area contributed by atoms with Crippen LogP contribution < -0.4 is 5.32 Å². The van der Waals surface area contributed by atoms with E-state index in [1.807, 2.05) is 0 Å². The van der Waals surface area contributed by atoms with Gasteiger partial charge in [-0.25, -0.2) is 9.97 Å². The van der Waals surface area contributed by atoms with Gasteiger partial charge in [-0.15, -0.1) is 0 Å². The van der Waals surface area contributed by atoms with Crippen molar-refractivity contribution in [3.8, 4) is 11.3 Å². The molecule has 3 nitrogen and oxygen atoms in total. The molecule has 1 aliphatic rings. The molecule has 0 amide bonds. The molecule has 1 aromatic heterocycles. The van der Waals surface area contributed by atoms with Crippen LogP contribution in [0.25, 0.3) is 22.0 Å². The van der Waals surface area contributed by atoms with Crippen LogP contribution in [0.15, 0.2) is 48.8 Å². The lowest BCUT2D eigenvalue weighted by atomic mass is 9.96. The second-order valence-electron chi connectivity index (χ2n) is 5.10. The standard InChI is InChI=1S/C17H15N3/c1-2-6-13-12(4-1)5-3-7-14(13)17-15-10-18-9-8-16(15)19-11-20-17/h1-7,11,18H,8-10H2. The van der Waals surface area contributed by atoms with Gasteiger partial charge in [0.2, 0.25) is 0 Å². The summed E-state index contributed by atoms with van der Waals surface area (Å²) in [6, 6.07) is 14.9. The van der Waals surface area contributed by atoms with Gasteiger partial charge in [0, 0.05) is 30.6 Å². The average Bonchev–Trinajstić information content (AvgIpc) is 2.54. The molecule has 0 radical (unpaired) electrons. The van der Waals surface area contributed by atoms with Gasteiger partial charge in [0.25, 0.3) is 0 Å². The van der Waals surface area contributed by atoms with Crippen molar-refractivity contribution in [1.29, 1.82) is 0 Å². The van der Waals surface area contributed by atoms with Crippen LogP contribution in [0.4, 0.5) is 0 Å². The second kappa shape index (κ2) is 4.69. The van der Waals surface area contributed by atoms with Gasteiger partial charge in [-0.1, -0.05) is 42.5 Å². The third kappa shape index (κ3) is 1.79. The largest absolute Gasteiger partial charge is 0.312 e. The van der Waals surface area contributed by atoms with Gasteiger partial charge in [0.05, 0.1) is 11.4 Å². The van der Waals surface area contributed by atoms with E-state index < -0.39 is 0 Å². The summed E-state index contributed by atoms with van der Waals surface area (Å²) in [7, 11) is 0. The lowest BCUT2D eigenvalue weighted by molar-refractivity contribution is 0.627. The van der Waals surface area contributed by atoms with E-state index in [1.165, 1.54) is 27.6 Å². The van der Waals surface area contributed by atoms with Crippen molar-refractivity contribution in [3.05, 3.63) is 60.0 Å². The molecule has 0 atom stereocenters. The van der Waals surface area contributed by atoms with Gasteiger partial charge in [-0.3, -0.25) is 0 Å². The van der Waals surface area contributed by atoms with Crippen LogP contribution in [-0.2, 0) is 13.0 Å². The van der Waals surface area contributed by atoms with Crippen LogP contribution in [0, 0.1) is 0 Å². The first-order chi connectivity index (χ1) is 9.93. The van der Waals surface area contributed by atoms with Crippen molar-refractivity contribution in [2.75, 3.05) is 6.54 Å². The molecule has 0 saturated carbocycles. The SMILES string of the molecule is c1ccc2c(-c3ncnc4c3CNCC4)cccc2c1. The number of nitrogens with one attached hydrogen (secondary N) is 1. The molecule has 1 aliphatic heterocycles. The highest BCUT2D eigenvalue weighted by molar-refractivity contribution is 5.96. The lowest BCUT2D eigenvalue weighted by Crippen LogP contribution is -2.25. The Balaban J connectivity index is 2.00. The molecular formula is C17H15N3. The molecule has 1 N–H and O–H groups in total. The Bertz CT molecular complexity index is 775. The van der Waals surface area contributed by atoms with Crippen LogP contribution in [0.1, 0.15) is 11.3 Å². The number of hydrogen-bond donors (Lipinski definition) is 1. The summed E-state index contributed by atoms with van der Waals surface area (Å²) in [4.78, 5) is 9.00. The Labute approximate surface area is 117 Å². The van der Waals surface area contributed by atoms with E-state index in [4.69, 9.17) is 0 Å². The fourth-order valence-corrected chi connectivity index (χ4v) is 2.93. The van der Waals surface area contributed by atoms with E-state index in [9.17, 15) is 0 Å². The minimum atomic E-state index is 0.856. The second-order valence-corrected chi connectivity index (χ2v) is 5.10. The molecule has 98 valence electrons. The molecule has 0 aliphatic carbocycles. The monoisotopic (exact) mass is 261 g/mol. The molecule has 3 heteroatoms. The molecule has 0 saturated heterocycles. The molecule has 4 rings (SSSR count). The minimum Gasteiger partial charge on any atom is -0.312 e. The summed E-state index contributed by atoms with van der Waals surface area (Å²) < 4.78 is 0. The quantitative estimate of drug-likeness (QED) is 0.732. The van der Waals surface area contributed by atoms with Crippen LogP contribution in [-0.4, -0.2) is 16.5 Å². The third-order valence-electron chi connectivity index (χ3n) is 3.92. The molecule has 0 bridgehead atoms. The van der Waals surface area contributed by atoms with Crippen LogP contribution >= 0.6 is 0 Å². The minimum absolute atomic E-state index is 0.856. The Hall–Kier alpha value is -2.26. The summed E-state index contributed by atoms with van der Waals surface area (Å²) in [6.45, 7) is 1.85. The maximum atomic E-state index is 4.56. The van der Waals surface area contributed by atoms with E-state index in [2.05, 4.69) is 57.7 Å². The molecule has 0 unspecified atom stereocenters. The van der Waals surface area contributed by atoms with Crippen molar-refractivity contribution < 1.29 is 0 Å². The normalized spacial score (nSPS) is 14.2. The fourth-order valence-electron chi connectivity index (χ4n) is 2.93. The predicted molar refractivity (Wildman–Crippen MR) is 80.4 cm³/mol. The Kier molecular flexibility index (Phi) is 2.71. The van der Waals surface area contributed by atoms with E-state index in [0.717, 1.165) is 25.2 Å². The van der Waals surface area contributed by atoms with Crippen molar-refractivity contribution in [3.63, 3.8) is 0 Å². The topological polar surface area (TPSA) is 37.8 Å². The zero-order valence-electron chi connectivity index (χ0n) is 11.1. The zero-order valence-corrected chi connectivity index (χ0v) is 11.1. The summed E-state index contributed by atoms with van der Waals surface area (Å²) in [5, 5.41) is 5.92. The lowest BCUT2D eigenvalue weighted by Gasteiger charge is -2.19. The summed E-state index contributed by atoms with van der Waals surface area (Å²) in [6.07, 6.45) is 2.68. The van der Waals surface area contributed by atoms with Gasteiger partial charge in [0.15, 0.2) is 0 Å². The number of aromatic nitrogens is 2. The summed E-state index contributed by atoms with van der Waals surface area (Å²) in [5.74, 6) is 0. The summed E-state index contributed by atoms with van der Waals surface area (Å²) >= 11 is 0. The molecule has 3 aromatic rings. The number of nitrogens with zero attached hydrogens (tertiary/aromatic N) is 2. The highest BCUT2D eigenvalue weighted by atomic mass is 14.9. The number of benzene rings is 2. The van der Waals surface area contributed by atoms with Gasteiger partial charge in [-0.05, 0) is 10.8 Å². The maximum absolute atomic E-state index is 4.56. The first-order valence-corrected chi connectivity index (χ1v) is 6.95. The third-order valence-corrected chi connectivity index (χ3v) is 3.92. The van der Waals surface area contributed by atoms with Gasteiger partial charge < -0.3 is 5.32 Å². The number of hydrogen-bond acceptors (Lipinski definition) is 3. The molecule has 0 fully saturated rings. The maximum Gasteiger partial charge on any atom is 0.116 e. The van der Waals surface area contributed by atoms with Crippen molar-refractivity contribution in [1.82, 2.24) is 15.3 Å². The molecule has 20 heavy (non-hydrogen) atoms. The first-order valence-electron chi connectivity index (χ1n) is 6.95. The number of rotatable bonds is 1. The summed E-state index contributed by atoms with van der Waals surface area (Å²) in [5.41, 5.74) is 4.70. The Morgan fingerprint density at radius 3 is 2.85 bits per heavy atom. The van der Waals surface area contributed by atoms with Gasteiger partial charge >= 0.3 is 0 Å². The highest BCUT2D eigenvalue weighted by Crippen LogP contribution is 2.31. The van der Waals surface area contributed by atoms with E-state index in [-0.39, 0.29) is 0 Å². The Morgan fingerprint density at radius 1 is 0.950 bits per heavy atom. The highest BCUT2D eigenvalue weighted by Gasteiger charge is 2.17. The van der Waals surface area contributed by atoms with E-state index in [1.54, 1.807) is 6.33 Å². The fraction of sp³-hybridized carbons (Fsp3) is 0.176. The van der Waals surface area contributed by atoms with Crippen LogP contribution in [0.5, 0.6) is 0 Å². The van der Waals surface area contributed by atoms with Crippen LogP contribution in [0.2, 0.25) is 0 Å². The van der Waals surface area contributed by atoms with Crippen molar-refractivity contribution >= 4 is 10.8 Å². The molecule has 2 heterocycles. The van der Waals surface area contributed by atoms with Crippen LogP contribution in [0.3, 0.4) is 0 Å². The first kappa shape index (κ1) is 11.6. The molecule has 2 aromatic carbocycles. The molecule has 0 spiro atoms.